The number of hydrogen-bond donors (Lipinski definition) is 3. The number of aliphatic hydroxyl groups is 1. The number of rotatable bonds is 5. The third kappa shape index (κ3) is 3.98. The predicted molar refractivity (Wildman–Crippen MR) is 63.5 cm³/mol. The van der Waals surface area contributed by atoms with Crippen LogP contribution >= 0.6 is 0 Å². The molecule has 0 amide bonds. The first kappa shape index (κ1) is 13.3. The van der Waals surface area contributed by atoms with E-state index in [0.717, 1.165) is 32.2 Å². The van der Waals surface area contributed by atoms with Crippen molar-refractivity contribution in [3.8, 4) is 0 Å². The molecule has 0 saturated heterocycles. The molecule has 5 heteroatoms. The summed E-state index contributed by atoms with van der Waals surface area (Å²) in [6.45, 7) is 0.873. The summed E-state index contributed by atoms with van der Waals surface area (Å²) in [5.41, 5.74) is 5.40. The molecule has 4 N–H and O–H groups in total. The minimum absolute atomic E-state index is 0.192. The van der Waals surface area contributed by atoms with Gasteiger partial charge in [0, 0.05) is 12.5 Å². The topological polar surface area (TPSA) is 82.1 Å². The van der Waals surface area contributed by atoms with Crippen molar-refractivity contribution in [2.45, 2.75) is 50.7 Å². The standard InChI is InChI=1S/C11H23N3O2/c1-14(8-4-7-11(12)13-16)9-5-2-3-6-10(9)15/h9-10,15-16H,2-8H2,1H3,(H2,12,13). The van der Waals surface area contributed by atoms with E-state index in [1.54, 1.807) is 0 Å². The van der Waals surface area contributed by atoms with Crippen LogP contribution in [0.1, 0.15) is 38.5 Å². The van der Waals surface area contributed by atoms with Gasteiger partial charge in [0.2, 0.25) is 0 Å². The molecule has 0 bridgehead atoms. The predicted octanol–water partition coefficient (Wildman–Crippen LogP) is 0.748. The number of amidine groups is 1. The van der Waals surface area contributed by atoms with Gasteiger partial charge in [-0.2, -0.15) is 0 Å². The van der Waals surface area contributed by atoms with Crippen LogP contribution < -0.4 is 5.73 Å². The Labute approximate surface area is 96.9 Å². The van der Waals surface area contributed by atoms with Crippen molar-refractivity contribution >= 4 is 5.84 Å². The SMILES string of the molecule is CN(CCCC(N)=NO)C1CCCCC1O. The molecule has 0 aromatic heterocycles. The molecule has 1 aliphatic carbocycles. The molecule has 94 valence electrons. The number of aliphatic hydroxyl groups excluding tert-OH is 1. The fourth-order valence-electron chi connectivity index (χ4n) is 2.33. The Morgan fingerprint density at radius 1 is 1.44 bits per heavy atom. The second-order valence-electron chi connectivity index (χ2n) is 4.59. The quantitative estimate of drug-likeness (QED) is 0.281. The molecule has 1 aliphatic rings. The first-order chi connectivity index (χ1) is 7.65. The molecule has 2 atom stereocenters. The third-order valence-corrected chi connectivity index (χ3v) is 3.33. The Hall–Kier alpha value is -0.810. The molecule has 2 unspecified atom stereocenters. The molecular formula is C11H23N3O2. The minimum atomic E-state index is -0.192. The highest BCUT2D eigenvalue weighted by molar-refractivity contribution is 5.79. The van der Waals surface area contributed by atoms with Gasteiger partial charge in [-0.3, -0.25) is 0 Å². The van der Waals surface area contributed by atoms with Gasteiger partial charge >= 0.3 is 0 Å². The molecule has 0 radical (unpaired) electrons. The van der Waals surface area contributed by atoms with Crippen LogP contribution in [0.3, 0.4) is 0 Å². The lowest BCUT2D eigenvalue weighted by atomic mass is 9.91. The van der Waals surface area contributed by atoms with Crippen LogP contribution in [0, 0.1) is 0 Å². The summed E-state index contributed by atoms with van der Waals surface area (Å²) in [7, 11) is 2.03. The van der Waals surface area contributed by atoms with Crippen LogP contribution in [-0.2, 0) is 0 Å². The van der Waals surface area contributed by atoms with Crippen LogP contribution in [0.5, 0.6) is 0 Å². The summed E-state index contributed by atoms with van der Waals surface area (Å²) in [4.78, 5) is 2.19. The van der Waals surface area contributed by atoms with E-state index in [2.05, 4.69) is 10.1 Å². The molecule has 16 heavy (non-hydrogen) atoms. The van der Waals surface area contributed by atoms with Crippen molar-refractivity contribution in [3.05, 3.63) is 0 Å². The number of oxime groups is 1. The zero-order chi connectivity index (χ0) is 12.0. The highest BCUT2D eigenvalue weighted by atomic mass is 16.4. The van der Waals surface area contributed by atoms with Gasteiger partial charge in [0.05, 0.1) is 6.10 Å². The van der Waals surface area contributed by atoms with E-state index < -0.39 is 0 Å². The summed E-state index contributed by atoms with van der Waals surface area (Å²) < 4.78 is 0. The van der Waals surface area contributed by atoms with Gasteiger partial charge in [0.1, 0.15) is 5.84 Å². The fraction of sp³-hybridized carbons (Fsp3) is 0.909. The summed E-state index contributed by atoms with van der Waals surface area (Å²) in [6.07, 6.45) is 5.58. The van der Waals surface area contributed by atoms with Gasteiger partial charge in [0.25, 0.3) is 0 Å². The van der Waals surface area contributed by atoms with Crippen LogP contribution in [0.15, 0.2) is 5.16 Å². The van der Waals surface area contributed by atoms with Crippen LogP contribution in [0.4, 0.5) is 0 Å². The smallest absolute Gasteiger partial charge is 0.139 e. The zero-order valence-electron chi connectivity index (χ0n) is 9.97. The Morgan fingerprint density at radius 3 is 2.75 bits per heavy atom. The number of hydrogen-bond acceptors (Lipinski definition) is 4. The third-order valence-electron chi connectivity index (χ3n) is 3.33. The second kappa shape index (κ2) is 6.70. The minimum Gasteiger partial charge on any atom is -0.409 e. The van der Waals surface area contributed by atoms with Crippen LogP contribution in [0.25, 0.3) is 0 Å². The van der Waals surface area contributed by atoms with Crippen molar-refractivity contribution in [1.82, 2.24) is 4.90 Å². The van der Waals surface area contributed by atoms with Crippen molar-refractivity contribution < 1.29 is 10.3 Å². The molecule has 0 aliphatic heterocycles. The summed E-state index contributed by atoms with van der Waals surface area (Å²) in [5.74, 6) is 0.276. The highest BCUT2D eigenvalue weighted by Gasteiger charge is 2.25. The Bertz CT molecular complexity index is 233. The van der Waals surface area contributed by atoms with Gasteiger partial charge in [-0.15, -0.1) is 0 Å². The molecule has 0 spiro atoms. The number of nitrogens with zero attached hydrogens (tertiary/aromatic N) is 2. The Morgan fingerprint density at radius 2 is 2.12 bits per heavy atom. The Kier molecular flexibility index (Phi) is 5.55. The maximum atomic E-state index is 9.86. The van der Waals surface area contributed by atoms with E-state index in [-0.39, 0.29) is 18.0 Å². The summed E-state index contributed by atoms with van der Waals surface area (Å²) in [5, 5.41) is 21.2. The lowest BCUT2D eigenvalue weighted by Gasteiger charge is -2.35. The van der Waals surface area contributed by atoms with Gasteiger partial charge < -0.3 is 20.9 Å². The molecule has 1 rings (SSSR count). The average molecular weight is 229 g/mol. The van der Waals surface area contributed by atoms with Gasteiger partial charge in [-0.25, -0.2) is 0 Å². The van der Waals surface area contributed by atoms with Gasteiger partial charge in [-0.05, 0) is 32.9 Å². The lowest BCUT2D eigenvalue weighted by molar-refractivity contribution is 0.0320. The Balaban J connectivity index is 2.25. The van der Waals surface area contributed by atoms with E-state index in [1.807, 2.05) is 7.05 Å². The fourth-order valence-corrected chi connectivity index (χ4v) is 2.33. The molecule has 0 heterocycles. The summed E-state index contributed by atoms with van der Waals surface area (Å²) in [6, 6.07) is 0.279. The normalized spacial score (nSPS) is 27.3. The van der Waals surface area contributed by atoms with E-state index >= 15 is 0 Å². The average Bonchev–Trinajstić information content (AvgIpc) is 2.29. The molecule has 0 aromatic carbocycles. The second-order valence-corrected chi connectivity index (χ2v) is 4.59. The molecule has 5 nitrogen and oxygen atoms in total. The van der Waals surface area contributed by atoms with E-state index in [9.17, 15) is 5.11 Å². The maximum absolute atomic E-state index is 9.86. The first-order valence-corrected chi connectivity index (χ1v) is 6.00. The molecule has 1 fully saturated rings. The lowest BCUT2D eigenvalue weighted by Crippen LogP contribution is -2.43. The van der Waals surface area contributed by atoms with Crippen molar-refractivity contribution in [2.24, 2.45) is 10.9 Å². The van der Waals surface area contributed by atoms with Crippen molar-refractivity contribution in [1.29, 1.82) is 0 Å². The van der Waals surface area contributed by atoms with E-state index in [0.29, 0.717) is 6.42 Å². The monoisotopic (exact) mass is 229 g/mol. The van der Waals surface area contributed by atoms with Crippen molar-refractivity contribution in [2.75, 3.05) is 13.6 Å². The van der Waals surface area contributed by atoms with Crippen LogP contribution in [0.2, 0.25) is 0 Å². The largest absolute Gasteiger partial charge is 0.409 e. The highest BCUT2D eigenvalue weighted by Crippen LogP contribution is 2.22. The number of nitrogens with two attached hydrogens (primary N) is 1. The molecule has 0 aromatic rings. The molecule has 1 saturated carbocycles. The van der Waals surface area contributed by atoms with E-state index in [4.69, 9.17) is 10.9 Å². The zero-order valence-corrected chi connectivity index (χ0v) is 9.97. The van der Waals surface area contributed by atoms with Gasteiger partial charge in [-0.1, -0.05) is 18.0 Å². The molecular weight excluding hydrogens is 206 g/mol. The van der Waals surface area contributed by atoms with Gasteiger partial charge in [0.15, 0.2) is 0 Å². The van der Waals surface area contributed by atoms with Crippen LogP contribution in [-0.4, -0.2) is 46.8 Å². The number of likely N-dealkylation sites (N-methyl/N-ethyl adjacent to an activating group) is 1. The maximum Gasteiger partial charge on any atom is 0.139 e. The van der Waals surface area contributed by atoms with Crippen molar-refractivity contribution in [3.63, 3.8) is 0 Å². The van der Waals surface area contributed by atoms with E-state index in [1.165, 1.54) is 6.42 Å². The first-order valence-electron chi connectivity index (χ1n) is 6.00. The summed E-state index contributed by atoms with van der Waals surface area (Å²) >= 11 is 0.